The molecule has 0 unspecified atom stereocenters. The molecule has 78 valence electrons. The fourth-order valence-electron chi connectivity index (χ4n) is 1.89. The molecule has 0 amide bonds. The number of nitrogens with zero attached hydrogens (tertiary/aromatic N) is 1. The van der Waals surface area contributed by atoms with Crippen LogP contribution in [-0.4, -0.2) is 12.6 Å². The Balaban J connectivity index is 2.53. The van der Waals surface area contributed by atoms with Crippen molar-refractivity contribution in [2.75, 3.05) is 6.61 Å². The Bertz CT molecular complexity index is 247. The molecule has 0 bridgehead atoms. The Morgan fingerprint density at radius 1 is 1.57 bits per heavy atom. The van der Waals surface area contributed by atoms with E-state index < -0.39 is 0 Å². The molecule has 0 radical (unpaired) electrons. The van der Waals surface area contributed by atoms with Crippen LogP contribution in [0.15, 0.2) is 0 Å². The maximum atomic E-state index is 11.6. The number of rotatable bonds is 2. The predicted molar refractivity (Wildman–Crippen MR) is 52.3 cm³/mol. The average molecular weight is 195 g/mol. The highest BCUT2D eigenvalue weighted by Gasteiger charge is 2.38. The zero-order valence-electron chi connectivity index (χ0n) is 8.88. The van der Waals surface area contributed by atoms with Gasteiger partial charge in [-0.25, -0.2) is 0 Å². The first kappa shape index (κ1) is 11.0. The fourth-order valence-corrected chi connectivity index (χ4v) is 1.89. The highest BCUT2D eigenvalue weighted by Crippen LogP contribution is 2.39. The summed E-state index contributed by atoms with van der Waals surface area (Å²) >= 11 is 0. The number of ether oxygens (including phenoxy) is 1. The lowest BCUT2D eigenvalue weighted by Crippen LogP contribution is -2.34. The lowest BCUT2D eigenvalue weighted by Gasteiger charge is -2.32. The zero-order chi connectivity index (χ0) is 10.6. The van der Waals surface area contributed by atoms with Crippen LogP contribution in [-0.2, 0) is 9.53 Å². The van der Waals surface area contributed by atoms with E-state index in [0.717, 1.165) is 25.7 Å². The molecule has 0 aromatic carbocycles. The molecule has 0 aliphatic heterocycles. The molecule has 0 aromatic rings. The number of nitriles is 1. The smallest absolute Gasteiger partial charge is 0.311 e. The van der Waals surface area contributed by atoms with Crippen LogP contribution < -0.4 is 0 Å². The maximum absolute atomic E-state index is 11.6. The van der Waals surface area contributed by atoms with Gasteiger partial charge in [0.15, 0.2) is 0 Å². The van der Waals surface area contributed by atoms with Crippen LogP contribution in [0.2, 0.25) is 0 Å². The van der Waals surface area contributed by atoms with Gasteiger partial charge in [0.2, 0.25) is 0 Å². The summed E-state index contributed by atoms with van der Waals surface area (Å²) in [7, 11) is 0. The predicted octanol–water partition coefficient (Wildman–Crippen LogP) is 2.27. The molecule has 14 heavy (non-hydrogen) atoms. The third kappa shape index (κ3) is 2.25. The van der Waals surface area contributed by atoms with Gasteiger partial charge in [-0.15, -0.1) is 0 Å². The Hall–Kier alpha value is -1.04. The lowest BCUT2D eigenvalue weighted by atomic mass is 9.72. The molecule has 0 atom stereocenters. The average Bonchev–Trinajstić information content (AvgIpc) is 2.19. The van der Waals surface area contributed by atoms with Gasteiger partial charge in [0.05, 0.1) is 18.1 Å². The van der Waals surface area contributed by atoms with Gasteiger partial charge in [0, 0.05) is 5.92 Å². The monoisotopic (exact) mass is 195 g/mol. The van der Waals surface area contributed by atoms with E-state index in [1.807, 2.05) is 13.8 Å². The summed E-state index contributed by atoms with van der Waals surface area (Å²) in [6.07, 6.45) is 3.21. The summed E-state index contributed by atoms with van der Waals surface area (Å²) in [5.41, 5.74) is -0.344. The van der Waals surface area contributed by atoms with E-state index in [1.165, 1.54) is 0 Å². The Morgan fingerprint density at radius 3 is 2.57 bits per heavy atom. The molecule has 0 heterocycles. The van der Waals surface area contributed by atoms with E-state index in [9.17, 15) is 4.79 Å². The Labute approximate surface area is 85.1 Å². The van der Waals surface area contributed by atoms with E-state index in [1.54, 1.807) is 0 Å². The molecular weight excluding hydrogens is 178 g/mol. The topological polar surface area (TPSA) is 50.1 Å². The fraction of sp³-hybridized carbons (Fsp3) is 0.818. The molecule has 1 aliphatic rings. The van der Waals surface area contributed by atoms with Crippen molar-refractivity contribution in [1.82, 2.24) is 0 Å². The normalized spacial score (nSPS) is 31.9. The summed E-state index contributed by atoms with van der Waals surface area (Å²) in [4.78, 5) is 11.6. The minimum absolute atomic E-state index is 0.101. The largest absolute Gasteiger partial charge is 0.466 e. The van der Waals surface area contributed by atoms with Crippen molar-refractivity contribution in [3.8, 4) is 6.07 Å². The van der Waals surface area contributed by atoms with Crippen LogP contribution in [0.4, 0.5) is 0 Å². The van der Waals surface area contributed by atoms with E-state index in [0.29, 0.717) is 6.61 Å². The highest BCUT2D eigenvalue weighted by atomic mass is 16.5. The number of carbonyl (C=O) groups is 1. The van der Waals surface area contributed by atoms with Crippen LogP contribution in [0.5, 0.6) is 0 Å². The van der Waals surface area contributed by atoms with E-state index in [4.69, 9.17) is 10.00 Å². The van der Waals surface area contributed by atoms with Crippen molar-refractivity contribution < 1.29 is 9.53 Å². The van der Waals surface area contributed by atoms with E-state index >= 15 is 0 Å². The number of hydrogen-bond acceptors (Lipinski definition) is 3. The van der Waals surface area contributed by atoms with Crippen molar-refractivity contribution in [3.63, 3.8) is 0 Å². The molecule has 1 fully saturated rings. The standard InChI is InChI=1S/C11H17NO2/c1-3-14-10(13)11(2)6-4-9(8-12)5-7-11/h9H,3-7H2,1-2H3. The van der Waals surface area contributed by atoms with Crippen molar-refractivity contribution in [2.24, 2.45) is 11.3 Å². The molecule has 0 aromatic heterocycles. The molecule has 3 heteroatoms. The molecular formula is C11H17NO2. The van der Waals surface area contributed by atoms with Crippen molar-refractivity contribution in [2.45, 2.75) is 39.5 Å². The number of carbonyl (C=O) groups excluding carboxylic acids is 1. The third-order valence-electron chi connectivity index (χ3n) is 3.04. The minimum atomic E-state index is -0.344. The summed E-state index contributed by atoms with van der Waals surface area (Å²) in [6.45, 7) is 4.21. The van der Waals surface area contributed by atoms with Gasteiger partial charge in [-0.2, -0.15) is 5.26 Å². The Morgan fingerprint density at radius 2 is 2.14 bits per heavy atom. The van der Waals surface area contributed by atoms with E-state index in [2.05, 4.69) is 6.07 Å². The maximum Gasteiger partial charge on any atom is 0.311 e. The SMILES string of the molecule is CCOC(=O)C1(C)CCC(C#N)CC1. The first-order valence-electron chi connectivity index (χ1n) is 5.19. The minimum Gasteiger partial charge on any atom is -0.466 e. The lowest BCUT2D eigenvalue weighted by molar-refractivity contribution is -0.156. The van der Waals surface area contributed by atoms with Crippen LogP contribution >= 0.6 is 0 Å². The van der Waals surface area contributed by atoms with Gasteiger partial charge in [-0.05, 0) is 39.5 Å². The van der Waals surface area contributed by atoms with Gasteiger partial charge >= 0.3 is 5.97 Å². The van der Waals surface area contributed by atoms with Gasteiger partial charge < -0.3 is 4.74 Å². The zero-order valence-corrected chi connectivity index (χ0v) is 8.88. The van der Waals surface area contributed by atoms with E-state index in [-0.39, 0.29) is 17.3 Å². The molecule has 0 spiro atoms. The molecule has 1 aliphatic carbocycles. The van der Waals surface area contributed by atoms with Gasteiger partial charge in [0.25, 0.3) is 0 Å². The highest BCUT2D eigenvalue weighted by molar-refractivity contribution is 5.76. The quantitative estimate of drug-likeness (QED) is 0.635. The number of esters is 1. The second-order valence-corrected chi connectivity index (χ2v) is 4.18. The summed E-state index contributed by atoms with van der Waals surface area (Å²) < 4.78 is 5.03. The summed E-state index contributed by atoms with van der Waals surface area (Å²) in [5.74, 6) is 0.0360. The number of hydrogen-bond donors (Lipinski definition) is 0. The summed E-state index contributed by atoms with van der Waals surface area (Å²) in [5, 5.41) is 8.74. The van der Waals surface area contributed by atoms with Crippen molar-refractivity contribution in [1.29, 1.82) is 5.26 Å². The molecule has 3 nitrogen and oxygen atoms in total. The second-order valence-electron chi connectivity index (χ2n) is 4.18. The third-order valence-corrected chi connectivity index (χ3v) is 3.04. The van der Waals surface area contributed by atoms with Crippen LogP contribution in [0.3, 0.4) is 0 Å². The molecule has 0 saturated heterocycles. The van der Waals surface area contributed by atoms with Crippen LogP contribution in [0.1, 0.15) is 39.5 Å². The molecule has 0 N–H and O–H groups in total. The van der Waals surface area contributed by atoms with Crippen molar-refractivity contribution in [3.05, 3.63) is 0 Å². The van der Waals surface area contributed by atoms with Crippen molar-refractivity contribution >= 4 is 5.97 Å². The van der Waals surface area contributed by atoms with Gasteiger partial charge in [0.1, 0.15) is 0 Å². The van der Waals surface area contributed by atoms with Crippen LogP contribution in [0, 0.1) is 22.7 Å². The Kier molecular flexibility index (Phi) is 3.51. The molecule has 1 rings (SSSR count). The first-order chi connectivity index (χ1) is 6.62. The van der Waals surface area contributed by atoms with Crippen LogP contribution in [0.25, 0.3) is 0 Å². The van der Waals surface area contributed by atoms with Gasteiger partial charge in [-0.1, -0.05) is 0 Å². The summed E-state index contributed by atoms with van der Waals surface area (Å²) in [6, 6.07) is 2.26. The second kappa shape index (κ2) is 4.45. The van der Waals surface area contributed by atoms with Gasteiger partial charge in [-0.3, -0.25) is 4.79 Å². The first-order valence-corrected chi connectivity index (χ1v) is 5.19. The molecule has 1 saturated carbocycles.